The number of urea groups is 1. The summed E-state index contributed by atoms with van der Waals surface area (Å²) in [6, 6.07) is 3.01. The third kappa shape index (κ3) is 4.76. The molecule has 3 N–H and O–H groups in total. The Morgan fingerprint density at radius 1 is 1.31 bits per heavy atom. The van der Waals surface area contributed by atoms with E-state index in [1.54, 1.807) is 36.2 Å². The number of imidazole rings is 1. The van der Waals surface area contributed by atoms with Gasteiger partial charge in [-0.15, -0.1) is 11.3 Å². The number of rotatable bonds is 8. The van der Waals surface area contributed by atoms with E-state index in [1.807, 2.05) is 6.92 Å². The van der Waals surface area contributed by atoms with Crippen molar-refractivity contribution in [2.75, 3.05) is 25.6 Å². The van der Waals surface area contributed by atoms with Crippen molar-refractivity contribution in [1.82, 2.24) is 24.8 Å². The van der Waals surface area contributed by atoms with Gasteiger partial charge in [0, 0.05) is 44.4 Å². The van der Waals surface area contributed by atoms with E-state index in [0.29, 0.717) is 47.6 Å². The standard InChI is InChI=1S/C18H20N6O4S/c1-3-19-18(27)22-12-5-4-11(10-21-12)16-23-13(14(29-16)17(25)26)15-20-6-7-24(15)8-9-28-2/h4-7,10H,3,8-9H2,1-2H3,(H,25,26)(H2,19,21,22,27). The van der Waals surface area contributed by atoms with Gasteiger partial charge in [-0.25, -0.2) is 24.5 Å². The van der Waals surface area contributed by atoms with Gasteiger partial charge < -0.3 is 19.7 Å². The van der Waals surface area contributed by atoms with Gasteiger partial charge in [-0.1, -0.05) is 0 Å². The van der Waals surface area contributed by atoms with Gasteiger partial charge >= 0.3 is 12.0 Å². The molecule has 0 radical (unpaired) electrons. The topological polar surface area (TPSA) is 131 Å². The van der Waals surface area contributed by atoms with Crippen molar-refractivity contribution in [3.8, 4) is 22.1 Å². The third-order valence-corrected chi connectivity index (χ3v) is 4.97. The van der Waals surface area contributed by atoms with E-state index < -0.39 is 5.97 Å². The number of ether oxygens (including phenoxy) is 1. The second-order valence-corrected chi connectivity index (χ2v) is 6.85. The summed E-state index contributed by atoms with van der Waals surface area (Å²) in [7, 11) is 1.59. The van der Waals surface area contributed by atoms with Gasteiger partial charge in [0.1, 0.15) is 21.4 Å². The highest BCUT2D eigenvalue weighted by Crippen LogP contribution is 2.33. The lowest BCUT2D eigenvalue weighted by Gasteiger charge is -2.06. The van der Waals surface area contributed by atoms with Crippen molar-refractivity contribution >= 4 is 29.2 Å². The Hall–Kier alpha value is -3.31. The number of amides is 2. The SMILES string of the molecule is CCNC(=O)Nc1ccc(-c2nc(-c3nccn3CCOC)c(C(=O)O)s2)cn1. The summed E-state index contributed by atoms with van der Waals surface area (Å²) in [5.74, 6) is -0.234. The van der Waals surface area contributed by atoms with E-state index in [-0.39, 0.29) is 10.9 Å². The predicted octanol–water partition coefficient (Wildman–Crippen LogP) is 2.55. The molecule has 0 unspecified atom stereocenters. The number of carboxylic acids is 1. The molecule has 0 bridgehead atoms. The first-order chi connectivity index (χ1) is 14.0. The quantitative estimate of drug-likeness (QED) is 0.514. The maximum atomic E-state index is 11.8. The molecule has 0 aromatic carbocycles. The first-order valence-corrected chi connectivity index (χ1v) is 9.61. The van der Waals surface area contributed by atoms with Crippen LogP contribution in [0.2, 0.25) is 0 Å². The summed E-state index contributed by atoms with van der Waals surface area (Å²) in [6.45, 7) is 3.31. The number of carbonyl (C=O) groups excluding carboxylic acids is 1. The maximum absolute atomic E-state index is 11.8. The van der Waals surface area contributed by atoms with Crippen LogP contribution >= 0.6 is 11.3 Å². The molecule has 11 heteroatoms. The molecule has 0 saturated carbocycles. The molecular formula is C18H20N6O4S. The van der Waals surface area contributed by atoms with Crippen LogP contribution in [0.25, 0.3) is 22.1 Å². The largest absolute Gasteiger partial charge is 0.477 e. The smallest absolute Gasteiger partial charge is 0.348 e. The molecular weight excluding hydrogens is 396 g/mol. The lowest BCUT2D eigenvalue weighted by atomic mass is 10.3. The molecule has 0 aliphatic carbocycles. The van der Waals surface area contributed by atoms with Crippen molar-refractivity contribution < 1.29 is 19.4 Å². The highest BCUT2D eigenvalue weighted by molar-refractivity contribution is 7.17. The number of aromatic nitrogens is 4. The van der Waals surface area contributed by atoms with Crippen LogP contribution in [-0.2, 0) is 11.3 Å². The molecule has 0 aliphatic rings. The molecule has 10 nitrogen and oxygen atoms in total. The Kier molecular flexibility index (Phi) is 6.52. The number of nitrogens with zero attached hydrogens (tertiary/aromatic N) is 4. The summed E-state index contributed by atoms with van der Waals surface area (Å²) in [6.07, 6.45) is 4.88. The fourth-order valence-electron chi connectivity index (χ4n) is 2.55. The zero-order valence-electron chi connectivity index (χ0n) is 15.9. The van der Waals surface area contributed by atoms with Gasteiger partial charge in [0.25, 0.3) is 0 Å². The van der Waals surface area contributed by atoms with Gasteiger partial charge in [0.05, 0.1) is 6.61 Å². The summed E-state index contributed by atoms with van der Waals surface area (Å²) in [5.41, 5.74) is 0.934. The Morgan fingerprint density at radius 3 is 2.79 bits per heavy atom. The van der Waals surface area contributed by atoms with Crippen LogP contribution in [0.15, 0.2) is 30.7 Å². The minimum absolute atomic E-state index is 0.0920. The van der Waals surface area contributed by atoms with Gasteiger partial charge in [-0.2, -0.15) is 0 Å². The van der Waals surface area contributed by atoms with E-state index in [0.717, 1.165) is 11.3 Å². The Labute approximate surface area is 170 Å². The zero-order valence-corrected chi connectivity index (χ0v) is 16.7. The lowest BCUT2D eigenvalue weighted by molar-refractivity contribution is 0.0702. The van der Waals surface area contributed by atoms with Gasteiger partial charge in [0.15, 0.2) is 5.82 Å². The Morgan fingerprint density at radius 2 is 2.14 bits per heavy atom. The average Bonchev–Trinajstić information content (AvgIpc) is 3.34. The Bertz CT molecular complexity index is 998. The molecule has 0 saturated heterocycles. The summed E-state index contributed by atoms with van der Waals surface area (Å²) in [4.78, 5) is 36.4. The van der Waals surface area contributed by atoms with Crippen molar-refractivity contribution in [1.29, 1.82) is 0 Å². The predicted molar refractivity (Wildman–Crippen MR) is 108 cm³/mol. The average molecular weight is 416 g/mol. The van der Waals surface area contributed by atoms with E-state index in [1.165, 1.54) is 6.20 Å². The van der Waals surface area contributed by atoms with E-state index in [4.69, 9.17) is 4.74 Å². The number of carboxylic acid groups (broad SMARTS) is 1. The summed E-state index contributed by atoms with van der Waals surface area (Å²) in [5, 5.41) is 15.3. The Balaban J connectivity index is 1.90. The molecule has 0 spiro atoms. The van der Waals surface area contributed by atoms with Gasteiger partial charge in [-0.3, -0.25) is 5.32 Å². The number of aromatic carboxylic acids is 1. The zero-order chi connectivity index (χ0) is 20.8. The number of hydrogen-bond donors (Lipinski definition) is 3. The molecule has 0 atom stereocenters. The molecule has 3 heterocycles. The van der Waals surface area contributed by atoms with Crippen LogP contribution in [-0.4, -0.2) is 56.9 Å². The molecule has 152 valence electrons. The van der Waals surface area contributed by atoms with Crippen molar-refractivity contribution in [2.24, 2.45) is 0 Å². The van der Waals surface area contributed by atoms with E-state index >= 15 is 0 Å². The molecule has 3 rings (SSSR count). The number of nitrogens with one attached hydrogen (secondary N) is 2. The fraction of sp³-hybridized carbons (Fsp3) is 0.278. The first kappa shape index (κ1) is 20.4. The molecule has 29 heavy (non-hydrogen) atoms. The van der Waals surface area contributed by atoms with Crippen LogP contribution in [0.3, 0.4) is 0 Å². The highest BCUT2D eigenvalue weighted by Gasteiger charge is 2.23. The molecule has 0 aliphatic heterocycles. The summed E-state index contributed by atoms with van der Waals surface area (Å²) < 4.78 is 6.88. The van der Waals surface area contributed by atoms with Gasteiger partial charge in [-0.05, 0) is 19.1 Å². The first-order valence-electron chi connectivity index (χ1n) is 8.79. The van der Waals surface area contributed by atoms with E-state index in [9.17, 15) is 14.7 Å². The number of pyridine rings is 1. The fourth-order valence-corrected chi connectivity index (χ4v) is 3.44. The number of hydrogen-bond acceptors (Lipinski definition) is 7. The monoisotopic (exact) mass is 416 g/mol. The third-order valence-electron chi connectivity index (χ3n) is 3.87. The van der Waals surface area contributed by atoms with Crippen molar-refractivity contribution in [3.05, 3.63) is 35.6 Å². The van der Waals surface area contributed by atoms with Crippen LogP contribution in [0, 0.1) is 0 Å². The van der Waals surface area contributed by atoms with Gasteiger partial charge in [0.2, 0.25) is 0 Å². The summed E-state index contributed by atoms with van der Waals surface area (Å²) >= 11 is 1.04. The molecule has 3 aromatic rings. The molecule has 0 fully saturated rings. The minimum Gasteiger partial charge on any atom is -0.477 e. The number of anilines is 1. The van der Waals surface area contributed by atoms with Crippen LogP contribution < -0.4 is 10.6 Å². The van der Waals surface area contributed by atoms with Crippen LogP contribution in [0.5, 0.6) is 0 Å². The highest BCUT2D eigenvalue weighted by atomic mass is 32.1. The number of carbonyl (C=O) groups is 2. The van der Waals surface area contributed by atoms with E-state index in [2.05, 4.69) is 25.6 Å². The second-order valence-electron chi connectivity index (χ2n) is 5.86. The maximum Gasteiger partial charge on any atom is 0.348 e. The second kappa shape index (κ2) is 9.26. The lowest BCUT2D eigenvalue weighted by Crippen LogP contribution is -2.28. The molecule has 3 aromatic heterocycles. The van der Waals surface area contributed by atoms with Crippen LogP contribution in [0.4, 0.5) is 10.6 Å². The normalized spacial score (nSPS) is 10.7. The number of methoxy groups -OCH3 is 1. The van der Waals surface area contributed by atoms with Crippen LogP contribution in [0.1, 0.15) is 16.6 Å². The minimum atomic E-state index is -1.08. The van der Waals surface area contributed by atoms with Crippen molar-refractivity contribution in [2.45, 2.75) is 13.5 Å². The van der Waals surface area contributed by atoms with Crippen molar-refractivity contribution in [3.63, 3.8) is 0 Å². The molecule has 2 amide bonds. The number of thiazole rings is 1.